The van der Waals surface area contributed by atoms with Crippen molar-refractivity contribution in [2.45, 2.75) is 19.9 Å². The molecule has 0 aliphatic rings. The topological polar surface area (TPSA) is 46.1 Å². The summed E-state index contributed by atoms with van der Waals surface area (Å²) in [5, 5.41) is 2.97. The first-order chi connectivity index (χ1) is 15.2. The van der Waals surface area contributed by atoms with Crippen molar-refractivity contribution in [3.05, 3.63) is 102 Å². The Morgan fingerprint density at radius 3 is 2.65 bits per heavy atom. The van der Waals surface area contributed by atoms with Crippen molar-refractivity contribution in [2.75, 3.05) is 4.90 Å². The van der Waals surface area contributed by atoms with E-state index in [4.69, 9.17) is 4.98 Å². The Labute approximate surface area is 184 Å². The fourth-order valence-corrected chi connectivity index (χ4v) is 4.89. The molecule has 0 radical (unpaired) electrons. The Morgan fingerprint density at radius 2 is 1.81 bits per heavy atom. The molecular formula is C26H21N3OS. The third kappa shape index (κ3) is 3.92. The number of pyridine rings is 1. The van der Waals surface area contributed by atoms with E-state index in [1.165, 1.54) is 0 Å². The van der Waals surface area contributed by atoms with Gasteiger partial charge in [0.05, 0.1) is 23.2 Å². The van der Waals surface area contributed by atoms with Crippen molar-refractivity contribution >= 4 is 43.4 Å². The van der Waals surface area contributed by atoms with E-state index in [0.717, 1.165) is 42.8 Å². The van der Waals surface area contributed by atoms with Crippen molar-refractivity contribution in [3.8, 4) is 0 Å². The number of aryl methyl sites for hydroxylation is 1. The van der Waals surface area contributed by atoms with E-state index in [2.05, 4.69) is 42.2 Å². The van der Waals surface area contributed by atoms with Crippen LogP contribution in [0.5, 0.6) is 0 Å². The number of fused-ring (bicyclic) bond motifs is 2. The van der Waals surface area contributed by atoms with Crippen molar-refractivity contribution in [1.29, 1.82) is 0 Å². The highest BCUT2D eigenvalue weighted by Gasteiger charge is 2.21. The van der Waals surface area contributed by atoms with Gasteiger partial charge in [-0.2, -0.15) is 0 Å². The van der Waals surface area contributed by atoms with Gasteiger partial charge in [-0.3, -0.25) is 14.7 Å². The molecule has 4 nitrogen and oxygen atoms in total. The van der Waals surface area contributed by atoms with Crippen LogP contribution in [0.4, 0.5) is 5.13 Å². The van der Waals surface area contributed by atoms with Crippen LogP contribution < -0.4 is 4.90 Å². The average Bonchev–Trinajstić information content (AvgIpc) is 3.24. The number of carbonyl (C=O) groups excluding carboxylic acids is 1. The van der Waals surface area contributed by atoms with E-state index < -0.39 is 0 Å². The first kappa shape index (κ1) is 19.4. The number of amides is 1. The number of rotatable bonds is 5. The van der Waals surface area contributed by atoms with E-state index in [1.54, 1.807) is 28.6 Å². The smallest absolute Gasteiger partial charge is 0.233 e. The number of thiazole rings is 1. The van der Waals surface area contributed by atoms with Gasteiger partial charge in [-0.15, -0.1) is 0 Å². The zero-order valence-electron chi connectivity index (χ0n) is 17.2. The molecule has 152 valence electrons. The molecule has 0 fully saturated rings. The highest BCUT2D eigenvalue weighted by molar-refractivity contribution is 7.22. The van der Waals surface area contributed by atoms with Crippen LogP contribution in [-0.4, -0.2) is 15.9 Å². The first-order valence-electron chi connectivity index (χ1n) is 10.2. The maximum absolute atomic E-state index is 13.6. The van der Waals surface area contributed by atoms with Crippen LogP contribution in [0.1, 0.15) is 16.7 Å². The summed E-state index contributed by atoms with van der Waals surface area (Å²) >= 11 is 1.55. The Bertz CT molecular complexity index is 1370. The number of nitrogens with zero attached hydrogens (tertiary/aromatic N) is 3. The quantitative estimate of drug-likeness (QED) is 0.352. The molecule has 2 heterocycles. The molecule has 0 unspecified atom stereocenters. The highest BCUT2D eigenvalue weighted by Crippen LogP contribution is 2.32. The first-order valence-corrected chi connectivity index (χ1v) is 11.0. The second-order valence-corrected chi connectivity index (χ2v) is 8.58. The summed E-state index contributed by atoms with van der Waals surface area (Å²) < 4.78 is 1.09. The minimum atomic E-state index is 0.0249. The molecule has 0 bridgehead atoms. The predicted molar refractivity (Wildman–Crippen MR) is 127 cm³/mol. The molecule has 2 aromatic heterocycles. The number of para-hydroxylation sites is 1. The average molecular weight is 424 g/mol. The van der Waals surface area contributed by atoms with Crippen molar-refractivity contribution < 1.29 is 4.79 Å². The molecule has 0 aliphatic carbocycles. The van der Waals surface area contributed by atoms with Crippen LogP contribution in [-0.2, 0) is 17.8 Å². The Balaban J connectivity index is 1.54. The molecule has 0 aliphatic heterocycles. The molecule has 5 rings (SSSR count). The largest absolute Gasteiger partial charge is 0.283 e. The molecule has 0 saturated heterocycles. The summed E-state index contributed by atoms with van der Waals surface area (Å²) in [7, 11) is 0. The molecule has 31 heavy (non-hydrogen) atoms. The van der Waals surface area contributed by atoms with Crippen LogP contribution in [0.15, 0.2) is 85.2 Å². The summed E-state index contributed by atoms with van der Waals surface area (Å²) in [6.07, 6.45) is 3.86. The number of carbonyl (C=O) groups is 1. The van der Waals surface area contributed by atoms with Gasteiger partial charge in [0.15, 0.2) is 5.13 Å². The SMILES string of the molecule is Cc1cccc2sc(N(Cc3cccnc3)C(=O)Cc3cccc4ccccc34)nc12. The lowest BCUT2D eigenvalue weighted by molar-refractivity contribution is -0.118. The lowest BCUT2D eigenvalue weighted by Crippen LogP contribution is -2.31. The molecule has 5 aromatic rings. The Hall–Kier alpha value is -3.57. The lowest BCUT2D eigenvalue weighted by atomic mass is 10.0. The zero-order chi connectivity index (χ0) is 21.2. The molecule has 3 aromatic carbocycles. The lowest BCUT2D eigenvalue weighted by Gasteiger charge is -2.20. The monoisotopic (exact) mass is 423 g/mol. The van der Waals surface area contributed by atoms with Crippen LogP contribution in [0.2, 0.25) is 0 Å². The normalized spacial score (nSPS) is 11.1. The van der Waals surface area contributed by atoms with Gasteiger partial charge in [-0.1, -0.05) is 72.0 Å². The maximum atomic E-state index is 13.6. The molecule has 0 atom stereocenters. The minimum absolute atomic E-state index is 0.0249. The summed E-state index contributed by atoms with van der Waals surface area (Å²) in [6, 6.07) is 24.3. The van der Waals surface area contributed by atoms with Crippen molar-refractivity contribution in [2.24, 2.45) is 0 Å². The third-order valence-corrected chi connectivity index (χ3v) is 6.47. The molecule has 0 spiro atoms. The number of aromatic nitrogens is 2. The highest BCUT2D eigenvalue weighted by atomic mass is 32.1. The molecule has 0 saturated carbocycles. The van der Waals surface area contributed by atoms with E-state index in [-0.39, 0.29) is 5.91 Å². The van der Waals surface area contributed by atoms with E-state index in [1.807, 2.05) is 42.5 Å². The molecular weight excluding hydrogens is 402 g/mol. The van der Waals surface area contributed by atoms with E-state index in [9.17, 15) is 4.79 Å². The Kier molecular flexibility index (Phi) is 5.18. The summed E-state index contributed by atoms with van der Waals surface area (Å²) in [6.45, 7) is 2.49. The standard InChI is InChI=1S/C26H21N3OS/c1-18-7-4-13-23-25(18)28-26(31-23)29(17-19-8-6-14-27-16-19)24(30)15-21-11-5-10-20-9-2-3-12-22(20)21/h2-14,16H,15,17H2,1H3. The summed E-state index contributed by atoms with van der Waals surface area (Å²) in [5.41, 5.74) is 4.07. The second kappa shape index (κ2) is 8.28. The van der Waals surface area contributed by atoms with Gasteiger partial charge >= 0.3 is 0 Å². The second-order valence-electron chi connectivity index (χ2n) is 7.57. The van der Waals surface area contributed by atoms with Crippen LogP contribution >= 0.6 is 11.3 Å². The van der Waals surface area contributed by atoms with Gasteiger partial charge in [0.25, 0.3) is 0 Å². The summed E-state index contributed by atoms with van der Waals surface area (Å²) in [5.74, 6) is 0.0249. The predicted octanol–water partition coefficient (Wildman–Crippen LogP) is 5.93. The van der Waals surface area contributed by atoms with Gasteiger partial charge in [0.2, 0.25) is 5.91 Å². The van der Waals surface area contributed by atoms with E-state index >= 15 is 0 Å². The van der Waals surface area contributed by atoms with Gasteiger partial charge < -0.3 is 0 Å². The van der Waals surface area contributed by atoms with Gasteiger partial charge in [0, 0.05) is 12.4 Å². The van der Waals surface area contributed by atoms with Gasteiger partial charge in [0.1, 0.15) is 0 Å². The van der Waals surface area contributed by atoms with Crippen LogP contribution in [0.25, 0.3) is 21.0 Å². The van der Waals surface area contributed by atoms with Gasteiger partial charge in [-0.05, 0) is 46.5 Å². The van der Waals surface area contributed by atoms with Gasteiger partial charge in [-0.25, -0.2) is 4.98 Å². The zero-order valence-corrected chi connectivity index (χ0v) is 18.0. The number of hydrogen-bond acceptors (Lipinski definition) is 4. The molecule has 1 amide bonds. The minimum Gasteiger partial charge on any atom is -0.283 e. The number of benzene rings is 3. The Morgan fingerprint density at radius 1 is 0.968 bits per heavy atom. The summed E-state index contributed by atoms with van der Waals surface area (Å²) in [4.78, 5) is 24.4. The number of hydrogen-bond donors (Lipinski definition) is 0. The maximum Gasteiger partial charge on any atom is 0.233 e. The number of anilines is 1. The molecule has 5 heteroatoms. The van der Waals surface area contributed by atoms with Crippen LogP contribution in [0.3, 0.4) is 0 Å². The molecule has 0 N–H and O–H groups in total. The van der Waals surface area contributed by atoms with Crippen molar-refractivity contribution in [3.63, 3.8) is 0 Å². The van der Waals surface area contributed by atoms with Crippen molar-refractivity contribution in [1.82, 2.24) is 9.97 Å². The fourth-order valence-electron chi connectivity index (χ4n) is 3.83. The van der Waals surface area contributed by atoms with E-state index in [0.29, 0.717) is 13.0 Å². The fraction of sp³-hybridized carbons (Fsp3) is 0.115. The van der Waals surface area contributed by atoms with Crippen LogP contribution in [0, 0.1) is 6.92 Å². The third-order valence-electron chi connectivity index (χ3n) is 5.43.